The van der Waals surface area contributed by atoms with E-state index in [2.05, 4.69) is 4.98 Å². The Morgan fingerprint density at radius 2 is 2.00 bits per heavy atom. The Morgan fingerprint density at radius 1 is 1.30 bits per heavy atom. The Kier molecular flexibility index (Phi) is 4.01. The van der Waals surface area contributed by atoms with E-state index in [0.29, 0.717) is 11.8 Å². The first-order chi connectivity index (χ1) is 9.63. The van der Waals surface area contributed by atoms with Crippen LogP contribution >= 0.6 is 0 Å². The van der Waals surface area contributed by atoms with E-state index in [9.17, 15) is 13.6 Å². The van der Waals surface area contributed by atoms with Crippen molar-refractivity contribution in [1.29, 1.82) is 5.26 Å². The molecule has 1 heterocycles. The van der Waals surface area contributed by atoms with E-state index in [4.69, 9.17) is 10.00 Å². The molecule has 2 aromatic rings. The molecule has 0 N–H and O–H groups in total. The van der Waals surface area contributed by atoms with Crippen molar-refractivity contribution in [2.75, 3.05) is 0 Å². The van der Waals surface area contributed by atoms with Crippen LogP contribution in [-0.2, 0) is 6.61 Å². The Hall–Kier alpha value is -2.81. The van der Waals surface area contributed by atoms with E-state index < -0.39 is 17.4 Å². The summed E-state index contributed by atoms with van der Waals surface area (Å²) in [6.07, 6.45) is 1.75. The van der Waals surface area contributed by atoms with Gasteiger partial charge >= 0.3 is 0 Å². The Labute approximate surface area is 113 Å². The van der Waals surface area contributed by atoms with Gasteiger partial charge in [-0.1, -0.05) is 0 Å². The summed E-state index contributed by atoms with van der Waals surface area (Å²) in [7, 11) is 0. The second-order valence-electron chi connectivity index (χ2n) is 3.88. The van der Waals surface area contributed by atoms with Gasteiger partial charge in [-0.05, 0) is 29.8 Å². The van der Waals surface area contributed by atoms with Gasteiger partial charge in [0.25, 0.3) is 0 Å². The summed E-state index contributed by atoms with van der Waals surface area (Å²) >= 11 is 0. The number of halogens is 2. The highest BCUT2D eigenvalue weighted by Crippen LogP contribution is 2.23. The van der Waals surface area contributed by atoms with E-state index in [0.717, 1.165) is 12.1 Å². The maximum atomic E-state index is 13.6. The quantitative estimate of drug-likeness (QED) is 0.804. The maximum Gasteiger partial charge on any atom is 0.191 e. The van der Waals surface area contributed by atoms with Crippen molar-refractivity contribution in [1.82, 2.24) is 4.98 Å². The van der Waals surface area contributed by atoms with E-state index in [-0.39, 0.29) is 17.9 Å². The van der Waals surface area contributed by atoms with Gasteiger partial charge in [-0.25, -0.2) is 13.8 Å². The summed E-state index contributed by atoms with van der Waals surface area (Å²) < 4.78 is 32.2. The van der Waals surface area contributed by atoms with Crippen LogP contribution in [0.15, 0.2) is 30.5 Å². The molecule has 0 spiro atoms. The standard InChI is InChI=1S/C14H8F2N2O2/c15-12-4-10(7-19)5-13(16)14(12)20-8-9-1-2-18-11(3-9)6-17/h1-5,7H,8H2. The zero-order valence-corrected chi connectivity index (χ0v) is 10.1. The number of hydrogen-bond donors (Lipinski definition) is 0. The minimum Gasteiger partial charge on any atom is -0.483 e. The molecule has 1 aromatic heterocycles. The number of nitrogens with zero attached hydrogens (tertiary/aromatic N) is 2. The van der Waals surface area contributed by atoms with Crippen molar-refractivity contribution >= 4 is 6.29 Å². The number of carbonyl (C=O) groups excluding carboxylic acids is 1. The fourth-order valence-electron chi connectivity index (χ4n) is 1.57. The lowest BCUT2D eigenvalue weighted by atomic mass is 10.2. The van der Waals surface area contributed by atoms with Crippen LogP contribution in [0.25, 0.3) is 0 Å². The average Bonchev–Trinajstić information content (AvgIpc) is 2.46. The average molecular weight is 274 g/mol. The van der Waals surface area contributed by atoms with Gasteiger partial charge in [-0.15, -0.1) is 0 Å². The van der Waals surface area contributed by atoms with Gasteiger partial charge in [0.05, 0.1) is 0 Å². The molecule has 0 aliphatic rings. The molecule has 20 heavy (non-hydrogen) atoms. The maximum absolute atomic E-state index is 13.6. The number of aldehydes is 1. The molecule has 0 bridgehead atoms. The first kappa shape index (κ1) is 13.6. The molecule has 0 unspecified atom stereocenters. The molecule has 0 aliphatic carbocycles. The van der Waals surface area contributed by atoms with Crippen molar-refractivity contribution in [3.05, 3.63) is 58.9 Å². The number of hydrogen-bond acceptors (Lipinski definition) is 4. The van der Waals surface area contributed by atoms with Crippen LogP contribution in [0.2, 0.25) is 0 Å². The molecule has 0 saturated carbocycles. The zero-order valence-electron chi connectivity index (χ0n) is 10.1. The van der Waals surface area contributed by atoms with Crippen LogP contribution in [0.3, 0.4) is 0 Å². The summed E-state index contributed by atoms with van der Waals surface area (Å²) in [6, 6.07) is 6.64. The lowest BCUT2D eigenvalue weighted by Crippen LogP contribution is -2.01. The van der Waals surface area contributed by atoms with Gasteiger partial charge in [0.15, 0.2) is 17.4 Å². The van der Waals surface area contributed by atoms with Gasteiger partial charge in [0, 0.05) is 11.8 Å². The van der Waals surface area contributed by atoms with E-state index >= 15 is 0 Å². The summed E-state index contributed by atoms with van der Waals surface area (Å²) in [6.45, 7) is -0.120. The predicted molar refractivity (Wildman–Crippen MR) is 65.0 cm³/mol. The van der Waals surface area contributed by atoms with Crippen LogP contribution in [0, 0.1) is 23.0 Å². The van der Waals surface area contributed by atoms with Crippen molar-refractivity contribution in [2.45, 2.75) is 6.61 Å². The van der Waals surface area contributed by atoms with Crippen LogP contribution in [0.1, 0.15) is 21.6 Å². The van der Waals surface area contributed by atoms with Gasteiger partial charge in [0.2, 0.25) is 0 Å². The van der Waals surface area contributed by atoms with Crippen LogP contribution in [0.5, 0.6) is 5.75 Å². The number of ether oxygens (including phenoxy) is 1. The Morgan fingerprint density at radius 3 is 2.60 bits per heavy atom. The van der Waals surface area contributed by atoms with Crippen LogP contribution in [-0.4, -0.2) is 11.3 Å². The largest absolute Gasteiger partial charge is 0.483 e. The minimum atomic E-state index is -0.957. The molecule has 0 saturated heterocycles. The molecule has 0 radical (unpaired) electrons. The van der Waals surface area contributed by atoms with E-state index in [1.807, 2.05) is 6.07 Å². The topological polar surface area (TPSA) is 63.0 Å². The summed E-state index contributed by atoms with van der Waals surface area (Å²) in [5.41, 5.74) is 0.626. The third kappa shape index (κ3) is 2.95. The fraction of sp³-hybridized carbons (Fsp3) is 0.0714. The van der Waals surface area contributed by atoms with Crippen LogP contribution < -0.4 is 4.74 Å². The third-order valence-corrected chi connectivity index (χ3v) is 2.48. The molecule has 4 nitrogen and oxygen atoms in total. The zero-order chi connectivity index (χ0) is 14.5. The van der Waals surface area contributed by atoms with Crippen molar-refractivity contribution in [3.8, 4) is 11.8 Å². The number of carbonyl (C=O) groups is 1. The highest BCUT2D eigenvalue weighted by molar-refractivity contribution is 5.75. The predicted octanol–water partition coefficient (Wildman–Crippen LogP) is 2.62. The van der Waals surface area contributed by atoms with Crippen molar-refractivity contribution in [3.63, 3.8) is 0 Å². The molecule has 2 rings (SSSR count). The first-order valence-electron chi connectivity index (χ1n) is 5.56. The fourth-order valence-corrected chi connectivity index (χ4v) is 1.57. The van der Waals surface area contributed by atoms with E-state index in [1.54, 1.807) is 6.07 Å². The summed E-state index contributed by atoms with van der Waals surface area (Å²) in [5, 5.41) is 8.69. The molecule has 6 heteroatoms. The number of nitriles is 1. The smallest absolute Gasteiger partial charge is 0.191 e. The molecule has 100 valence electrons. The Balaban J connectivity index is 2.19. The molecular weight excluding hydrogens is 266 g/mol. The first-order valence-corrected chi connectivity index (χ1v) is 5.56. The number of rotatable bonds is 4. The minimum absolute atomic E-state index is 0.108. The van der Waals surface area contributed by atoms with Crippen LogP contribution in [0.4, 0.5) is 8.78 Å². The normalized spacial score (nSPS) is 9.85. The summed E-state index contributed by atoms with van der Waals surface area (Å²) in [4.78, 5) is 14.2. The third-order valence-electron chi connectivity index (χ3n) is 2.48. The second-order valence-corrected chi connectivity index (χ2v) is 3.88. The molecule has 1 aromatic carbocycles. The summed E-state index contributed by atoms with van der Waals surface area (Å²) in [5.74, 6) is -2.48. The lowest BCUT2D eigenvalue weighted by Gasteiger charge is -2.09. The molecular formula is C14H8F2N2O2. The second kappa shape index (κ2) is 5.89. The number of benzene rings is 1. The SMILES string of the molecule is N#Cc1cc(COc2c(F)cc(C=O)cc2F)ccn1. The van der Waals surface area contributed by atoms with E-state index in [1.165, 1.54) is 12.3 Å². The lowest BCUT2D eigenvalue weighted by molar-refractivity contribution is 0.112. The number of pyridine rings is 1. The van der Waals surface area contributed by atoms with Crippen molar-refractivity contribution in [2.24, 2.45) is 0 Å². The molecule has 0 amide bonds. The number of aromatic nitrogens is 1. The Bertz CT molecular complexity index is 673. The van der Waals surface area contributed by atoms with Gasteiger partial charge in [0.1, 0.15) is 24.7 Å². The highest BCUT2D eigenvalue weighted by atomic mass is 19.1. The highest BCUT2D eigenvalue weighted by Gasteiger charge is 2.12. The molecule has 0 fully saturated rings. The van der Waals surface area contributed by atoms with Gasteiger partial charge < -0.3 is 4.74 Å². The molecule has 0 aliphatic heterocycles. The van der Waals surface area contributed by atoms with Gasteiger partial charge in [-0.3, -0.25) is 4.79 Å². The van der Waals surface area contributed by atoms with Gasteiger partial charge in [-0.2, -0.15) is 5.26 Å². The van der Waals surface area contributed by atoms with Crippen molar-refractivity contribution < 1.29 is 18.3 Å². The monoisotopic (exact) mass is 274 g/mol. The molecule has 0 atom stereocenters.